The minimum absolute atomic E-state index is 0.562. The van der Waals surface area contributed by atoms with Crippen LogP contribution in [0.15, 0.2) is 47.1 Å². The topological polar surface area (TPSA) is 42.2 Å². The zero-order valence-electron chi connectivity index (χ0n) is 8.43. The molecule has 1 heterocycles. The first kappa shape index (κ1) is 11.0. The summed E-state index contributed by atoms with van der Waals surface area (Å²) in [7, 11) is 0. The highest BCUT2D eigenvalue weighted by molar-refractivity contribution is 9.10. The Kier molecular flexibility index (Phi) is 3.10. The number of hydrogen-bond donors (Lipinski definition) is 1. The van der Waals surface area contributed by atoms with Crippen molar-refractivity contribution in [2.45, 2.75) is 6.54 Å². The fourth-order valence-electron chi connectivity index (χ4n) is 1.58. The van der Waals surface area contributed by atoms with Crippen LogP contribution in [0.5, 0.6) is 0 Å². The monoisotopic (exact) mass is 279 g/mol. The molecule has 82 valence electrons. The first-order valence-corrected chi connectivity index (χ1v) is 5.60. The molecule has 0 unspecified atom stereocenters. The lowest BCUT2D eigenvalue weighted by atomic mass is 10.2. The Morgan fingerprint density at radius 2 is 2.25 bits per heavy atom. The molecule has 0 bridgehead atoms. The third-order valence-electron chi connectivity index (χ3n) is 2.30. The van der Waals surface area contributed by atoms with E-state index in [4.69, 9.17) is 5.11 Å². The fraction of sp³-hybridized carbons (Fsp3) is 0.0833. The van der Waals surface area contributed by atoms with Gasteiger partial charge in [0.05, 0.1) is 0 Å². The van der Waals surface area contributed by atoms with E-state index in [1.807, 2.05) is 35.0 Å². The number of rotatable bonds is 3. The quantitative estimate of drug-likeness (QED) is 0.878. The maximum Gasteiger partial charge on any atom is 0.328 e. The highest BCUT2D eigenvalue weighted by Gasteiger charge is 1.99. The third kappa shape index (κ3) is 2.33. The van der Waals surface area contributed by atoms with Crippen LogP contribution in [0.2, 0.25) is 0 Å². The molecular formula is C12H10BrNO2. The number of carbonyl (C=O) groups is 1. The molecule has 4 heteroatoms. The van der Waals surface area contributed by atoms with Gasteiger partial charge in [0.25, 0.3) is 0 Å². The molecule has 2 rings (SSSR count). The molecule has 16 heavy (non-hydrogen) atoms. The number of allylic oxidation sites excluding steroid dienone is 1. The smallest absolute Gasteiger partial charge is 0.328 e. The lowest BCUT2D eigenvalue weighted by molar-refractivity contribution is -0.131. The van der Waals surface area contributed by atoms with Gasteiger partial charge in [-0.2, -0.15) is 0 Å². The Balaban J connectivity index is 2.31. The Morgan fingerprint density at radius 1 is 1.44 bits per heavy atom. The number of benzene rings is 1. The van der Waals surface area contributed by atoms with Gasteiger partial charge in [-0.1, -0.05) is 28.1 Å². The number of aliphatic carboxylic acids is 1. The first-order valence-electron chi connectivity index (χ1n) is 4.81. The molecule has 0 radical (unpaired) electrons. The zero-order chi connectivity index (χ0) is 11.5. The molecule has 3 nitrogen and oxygen atoms in total. The van der Waals surface area contributed by atoms with Gasteiger partial charge >= 0.3 is 5.97 Å². The molecule has 0 saturated carbocycles. The average Bonchev–Trinajstić information content (AvgIpc) is 2.60. The molecule has 1 aromatic heterocycles. The number of carboxylic acid groups (broad SMARTS) is 1. The van der Waals surface area contributed by atoms with Gasteiger partial charge in [-0.05, 0) is 23.6 Å². The highest BCUT2D eigenvalue weighted by Crippen LogP contribution is 2.20. The Morgan fingerprint density at radius 3 is 3.00 bits per heavy atom. The van der Waals surface area contributed by atoms with E-state index in [2.05, 4.69) is 15.9 Å². The highest BCUT2D eigenvalue weighted by atomic mass is 79.9. The van der Waals surface area contributed by atoms with Crippen molar-refractivity contribution in [1.82, 2.24) is 4.57 Å². The second-order valence-electron chi connectivity index (χ2n) is 3.41. The van der Waals surface area contributed by atoms with Gasteiger partial charge in [0, 0.05) is 28.8 Å². The maximum atomic E-state index is 10.3. The van der Waals surface area contributed by atoms with Crippen molar-refractivity contribution in [2.75, 3.05) is 0 Å². The zero-order valence-corrected chi connectivity index (χ0v) is 10.0. The minimum atomic E-state index is -0.919. The van der Waals surface area contributed by atoms with Crippen LogP contribution in [0.3, 0.4) is 0 Å². The van der Waals surface area contributed by atoms with Gasteiger partial charge < -0.3 is 9.67 Å². The second-order valence-corrected chi connectivity index (χ2v) is 4.33. The van der Waals surface area contributed by atoms with Crippen molar-refractivity contribution in [1.29, 1.82) is 0 Å². The molecule has 0 fully saturated rings. The molecule has 0 amide bonds. The molecule has 0 aliphatic carbocycles. The normalized spacial score (nSPS) is 11.3. The van der Waals surface area contributed by atoms with E-state index < -0.39 is 5.97 Å². The van der Waals surface area contributed by atoms with Crippen LogP contribution in [0.1, 0.15) is 0 Å². The number of fused-ring (bicyclic) bond motifs is 1. The summed E-state index contributed by atoms with van der Waals surface area (Å²) in [6.45, 7) is 0.562. The van der Waals surface area contributed by atoms with Crippen LogP contribution < -0.4 is 0 Å². The van der Waals surface area contributed by atoms with E-state index in [0.717, 1.165) is 21.5 Å². The summed E-state index contributed by atoms with van der Waals surface area (Å²) in [4.78, 5) is 10.3. The lowest BCUT2D eigenvalue weighted by Crippen LogP contribution is -1.94. The summed E-state index contributed by atoms with van der Waals surface area (Å²) in [6.07, 6.45) is 4.73. The third-order valence-corrected chi connectivity index (χ3v) is 2.79. The standard InChI is InChI=1S/C12H10BrNO2/c13-10-4-3-9-5-7-14(11(9)8-10)6-1-2-12(15)16/h1-5,7-8H,6H2,(H,15,16)/b2-1+. The molecule has 0 atom stereocenters. The van der Waals surface area contributed by atoms with Crippen LogP contribution >= 0.6 is 15.9 Å². The lowest BCUT2D eigenvalue weighted by Gasteiger charge is -2.01. The van der Waals surface area contributed by atoms with Crippen molar-refractivity contribution in [2.24, 2.45) is 0 Å². The summed E-state index contributed by atoms with van der Waals surface area (Å²) < 4.78 is 3.02. The van der Waals surface area contributed by atoms with E-state index in [0.29, 0.717) is 6.54 Å². The summed E-state index contributed by atoms with van der Waals surface area (Å²) in [5.74, 6) is -0.919. The minimum Gasteiger partial charge on any atom is -0.478 e. The molecule has 0 spiro atoms. The molecular weight excluding hydrogens is 270 g/mol. The number of aromatic nitrogens is 1. The molecule has 1 N–H and O–H groups in total. The summed E-state index contributed by atoms with van der Waals surface area (Å²) in [5.41, 5.74) is 1.09. The van der Waals surface area contributed by atoms with Gasteiger partial charge in [0.2, 0.25) is 0 Å². The van der Waals surface area contributed by atoms with Gasteiger partial charge in [-0.25, -0.2) is 4.79 Å². The molecule has 0 saturated heterocycles. The van der Waals surface area contributed by atoms with E-state index >= 15 is 0 Å². The molecule has 0 aliphatic rings. The van der Waals surface area contributed by atoms with Gasteiger partial charge in [-0.3, -0.25) is 0 Å². The predicted molar refractivity (Wildman–Crippen MR) is 66.4 cm³/mol. The van der Waals surface area contributed by atoms with E-state index in [1.165, 1.54) is 0 Å². The van der Waals surface area contributed by atoms with Crippen LogP contribution in [-0.4, -0.2) is 15.6 Å². The van der Waals surface area contributed by atoms with E-state index in [9.17, 15) is 4.79 Å². The van der Waals surface area contributed by atoms with Crippen molar-refractivity contribution in [3.05, 3.63) is 47.1 Å². The van der Waals surface area contributed by atoms with Gasteiger partial charge in [0.15, 0.2) is 0 Å². The van der Waals surface area contributed by atoms with Crippen LogP contribution in [-0.2, 0) is 11.3 Å². The number of nitrogens with zero attached hydrogens (tertiary/aromatic N) is 1. The van der Waals surface area contributed by atoms with Crippen molar-refractivity contribution >= 4 is 32.8 Å². The number of carboxylic acids is 1. The molecule has 0 aliphatic heterocycles. The fourth-order valence-corrected chi connectivity index (χ4v) is 1.93. The Hall–Kier alpha value is -1.55. The van der Waals surface area contributed by atoms with Gasteiger partial charge in [-0.15, -0.1) is 0 Å². The van der Waals surface area contributed by atoms with Crippen molar-refractivity contribution in [3.8, 4) is 0 Å². The van der Waals surface area contributed by atoms with Crippen LogP contribution in [0, 0.1) is 0 Å². The summed E-state index contributed by atoms with van der Waals surface area (Å²) in [5, 5.41) is 9.64. The number of hydrogen-bond acceptors (Lipinski definition) is 1. The summed E-state index contributed by atoms with van der Waals surface area (Å²) >= 11 is 3.42. The first-order chi connectivity index (χ1) is 7.66. The number of halogens is 1. The van der Waals surface area contributed by atoms with Crippen LogP contribution in [0.4, 0.5) is 0 Å². The SMILES string of the molecule is O=C(O)/C=C/Cn1ccc2ccc(Br)cc21. The second kappa shape index (κ2) is 4.53. The predicted octanol–water partition coefficient (Wildman–Crippen LogP) is 3.04. The molecule has 1 aromatic carbocycles. The van der Waals surface area contributed by atoms with Gasteiger partial charge in [0.1, 0.15) is 0 Å². The maximum absolute atomic E-state index is 10.3. The van der Waals surface area contributed by atoms with E-state index in [1.54, 1.807) is 6.08 Å². The largest absolute Gasteiger partial charge is 0.478 e. The van der Waals surface area contributed by atoms with E-state index in [-0.39, 0.29) is 0 Å². The van der Waals surface area contributed by atoms with Crippen molar-refractivity contribution < 1.29 is 9.90 Å². The van der Waals surface area contributed by atoms with Crippen molar-refractivity contribution in [3.63, 3.8) is 0 Å². The molecule has 2 aromatic rings. The van der Waals surface area contributed by atoms with Crippen LogP contribution in [0.25, 0.3) is 10.9 Å². The Bertz CT molecular complexity index is 557. The average molecular weight is 280 g/mol. The summed E-state index contributed by atoms with van der Waals surface area (Å²) in [6, 6.07) is 8.04. The Labute approximate surface area is 101 Å².